The second-order valence-corrected chi connectivity index (χ2v) is 4.19. The first kappa shape index (κ1) is 12.2. The van der Waals surface area contributed by atoms with E-state index in [2.05, 4.69) is 5.32 Å². The molecule has 1 saturated heterocycles. The van der Waals surface area contributed by atoms with E-state index >= 15 is 0 Å². The molecule has 0 saturated carbocycles. The smallest absolute Gasteiger partial charge is 0.416 e. The van der Waals surface area contributed by atoms with Crippen LogP contribution in [0.3, 0.4) is 0 Å². The fourth-order valence-electron chi connectivity index (χ4n) is 1.81. The molecule has 5 heteroatoms. The zero-order valence-electron chi connectivity index (χ0n) is 9.26. The van der Waals surface area contributed by atoms with Crippen molar-refractivity contribution in [3.05, 3.63) is 29.8 Å². The van der Waals surface area contributed by atoms with Crippen LogP contribution in [0.25, 0.3) is 0 Å². The summed E-state index contributed by atoms with van der Waals surface area (Å²) in [7, 11) is 0. The Kier molecular flexibility index (Phi) is 3.57. The summed E-state index contributed by atoms with van der Waals surface area (Å²) in [5.74, 6) is 0.946. The van der Waals surface area contributed by atoms with Gasteiger partial charge in [-0.25, -0.2) is 0 Å². The van der Waals surface area contributed by atoms with Gasteiger partial charge in [0, 0.05) is 12.5 Å². The molecule has 0 aliphatic carbocycles. The van der Waals surface area contributed by atoms with Crippen LogP contribution in [0.15, 0.2) is 24.3 Å². The summed E-state index contributed by atoms with van der Waals surface area (Å²) < 4.78 is 42.4. The standard InChI is InChI=1S/C12H14F3NO/c13-12(14,15)10-1-3-11(4-2-10)17-8-9-5-6-16-7-9/h1-4,9,16H,5-8H2. The SMILES string of the molecule is FC(F)(F)c1ccc(OCC2CCNC2)cc1. The summed E-state index contributed by atoms with van der Waals surface area (Å²) >= 11 is 0. The minimum Gasteiger partial charge on any atom is -0.493 e. The zero-order chi connectivity index (χ0) is 12.3. The number of ether oxygens (including phenoxy) is 1. The van der Waals surface area contributed by atoms with E-state index in [4.69, 9.17) is 4.74 Å². The van der Waals surface area contributed by atoms with Gasteiger partial charge in [-0.2, -0.15) is 13.2 Å². The molecular weight excluding hydrogens is 231 g/mol. The fraction of sp³-hybridized carbons (Fsp3) is 0.500. The Hall–Kier alpha value is -1.23. The average Bonchev–Trinajstić information content (AvgIpc) is 2.78. The van der Waals surface area contributed by atoms with E-state index in [-0.39, 0.29) is 0 Å². The minimum absolute atomic E-state index is 0.456. The van der Waals surface area contributed by atoms with Gasteiger partial charge in [0.2, 0.25) is 0 Å². The maximum Gasteiger partial charge on any atom is 0.416 e. The van der Waals surface area contributed by atoms with E-state index in [0.717, 1.165) is 31.6 Å². The second-order valence-electron chi connectivity index (χ2n) is 4.19. The third-order valence-corrected chi connectivity index (χ3v) is 2.83. The Morgan fingerprint density at radius 1 is 1.24 bits per heavy atom. The molecule has 1 aromatic rings. The third-order valence-electron chi connectivity index (χ3n) is 2.83. The molecule has 1 unspecified atom stereocenters. The van der Waals surface area contributed by atoms with Gasteiger partial charge >= 0.3 is 6.18 Å². The van der Waals surface area contributed by atoms with Crippen molar-refractivity contribution < 1.29 is 17.9 Å². The molecule has 0 radical (unpaired) electrons. The number of halogens is 3. The van der Waals surface area contributed by atoms with Crippen molar-refractivity contribution in [1.82, 2.24) is 5.32 Å². The quantitative estimate of drug-likeness (QED) is 0.884. The molecule has 2 nitrogen and oxygen atoms in total. The molecule has 1 N–H and O–H groups in total. The minimum atomic E-state index is -4.28. The monoisotopic (exact) mass is 245 g/mol. The van der Waals surface area contributed by atoms with Gasteiger partial charge in [-0.15, -0.1) is 0 Å². The second kappa shape index (κ2) is 4.96. The maximum absolute atomic E-state index is 12.3. The van der Waals surface area contributed by atoms with Gasteiger partial charge in [-0.3, -0.25) is 0 Å². The summed E-state index contributed by atoms with van der Waals surface area (Å²) in [4.78, 5) is 0. The average molecular weight is 245 g/mol. The van der Waals surface area contributed by atoms with Crippen molar-refractivity contribution in [2.75, 3.05) is 19.7 Å². The van der Waals surface area contributed by atoms with Crippen LogP contribution < -0.4 is 10.1 Å². The highest BCUT2D eigenvalue weighted by Gasteiger charge is 2.30. The molecule has 0 aromatic heterocycles. The molecule has 1 aliphatic heterocycles. The number of rotatable bonds is 3. The van der Waals surface area contributed by atoms with E-state index in [9.17, 15) is 13.2 Å². The molecular formula is C12H14F3NO. The van der Waals surface area contributed by atoms with Gasteiger partial charge < -0.3 is 10.1 Å². The van der Waals surface area contributed by atoms with Gasteiger partial charge in [0.25, 0.3) is 0 Å². The molecule has 2 rings (SSSR count). The number of hydrogen-bond acceptors (Lipinski definition) is 2. The summed E-state index contributed by atoms with van der Waals surface area (Å²) in [6.07, 6.45) is -3.23. The Labute approximate surface area is 97.8 Å². The number of benzene rings is 1. The summed E-state index contributed by atoms with van der Waals surface area (Å²) in [5, 5.41) is 3.21. The molecule has 0 bridgehead atoms. The van der Waals surface area contributed by atoms with Crippen LogP contribution in [0.4, 0.5) is 13.2 Å². The van der Waals surface area contributed by atoms with Gasteiger partial charge in [-0.1, -0.05) is 0 Å². The lowest BCUT2D eigenvalue weighted by Gasteiger charge is -2.12. The first-order valence-electron chi connectivity index (χ1n) is 5.56. The number of hydrogen-bond donors (Lipinski definition) is 1. The van der Waals surface area contributed by atoms with Crippen LogP contribution in [0, 0.1) is 5.92 Å². The van der Waals surface area contributed by atoms with Crippen LogP contribution in [0.1, 0.15) is 12.0 Å². The molecule has 1 aliphatic rings. The van der Waals surface area contributed by atoms with E-state index < -0.39 is 11.7 Å². The zero-order valence-corrected chi connectivity index (χ0v) is 9.26. The lowest BCUT2D eigenvalue weighted by molar-refractivity contribution is -0.137. The van der Waals surface area contributed by atoms with Gasteiger partial charge in [0.15, 0.2) is 0 Å². The Morgan fingerprint density at radius 2 is 1.94 bits per heavy atom. The van der Waals surface area contributed by atoms with Crippen molar-refractivity contribution >= 4 is 0 Å². The lowest BCUT2D eigenvalue weighted by atomic mass is 10.1. The topological polar surface area (TPSA) is 21.3 Å². The highest BCUT2D eigenvalue weighted by atomic mass is 19.4. The molecule has 0 amide bonds. The van der Waals surface area contributed by atoms with Crippen LogP contribution in [0.5, 0.6) is 5.75 Å². The predicted molar refractivity (Wildman–Crippen MR) is 57.9 cm³/mol. The highest BCUT2D eigenvalue weighted by Crippen LogP contribution is 2.30. The van der Waals surface area contributed by atoms with Crippen molar-refractivity contribution in [3.8, 4) is 5.75 Å². The molecule has 0 spiro atoms. The number of nitrogens with one attached hydrogen (secondary N) is 1. The van der Waals surface area contributed by atoms with Gasteiger partial charge in [0.1, 0.15) is 5.75 Å². The normalized spacial score (nSPS) is 20.5. The van der Waals surface area contributed by atoms with Crippen molar-refractivity contribution in [3.63, 3.8) is 0 Å². The molecule has 1 fully saturated rings. The number of alkyl halides is 3. The fourth-order valence-corrected chi connectivity index (χ4v) is 1.81. The van der Waals surface area contributed by atoms with E-state index in [1.165, 1.54) is 12.1 Å². The molecule has 1 heterocycles. The molecule has 94 valence electrons. The first-order chi connectivity index (χ1) is 8.05. The highest BCUT2D eigenvalue weighted by molar-refractivity contribution is 5.28. The predicted octanol–water partition coefficient (Wildman–Crippen LogP) is 2.69. The lowest BCUT2D eigenvalue weighted by Crippen LogP contribution is -2.15. The van der Waals surface area contributed by atoms with Crippen LogP contribution >= 0.6 is 0 Å². The summed E-state index contributed by atoms with van der Waals surface area (Å²) in [6.45, 7) is 2.46. The Bertz CT molecular complexity index is 355. The summed E-state index contributed by atoms with van der Waals surface area (Å²) in [6, 6.07) is 4.82. The van der Waals surface area contributed by atoms with Crippen molar-refractivity contribution in [1.29, 1.82) is 0 Å². The largest absolute Gasteiger partial charge is 0.493 e. The van der Waals surface area contributed by atoms with E-state index in [1.807, 2.05) is 0 Å². The summed E-state index contributed by atoms with van der Waals surface area (Å²) in [5.41, 5.74) is -0.646. The molecule has 1 atom stereocenters. The van der Waals surface area contributed by atoms with E-state index in [1.54, 1.807) is 0 Å². The molecule has 1 aromatic carbocycles. The van der Waals surface area contributed by atoms with Gasteiger partial charge in [-0.05, 0) is 37.2 Å². The van der Waals surface area contributed by atoms with Gasteiger partial charge in [0.05, 0.1) is 12.2 Å². The molecule has 17 heavy (non-hydrogen) atoms. The van der Waals surface area contributed by atoms with E-state index in [0.29, 0.717) is 18.3 Å². The van der Waals surface area contributed by atoms with Crippen LogP contribution in [-0.4, -0.2) is 19.7 Å². The maximum atomic E-state index is 12.3. The Balaban J connectivity index is 1.89. The van der Waals surface area contributed by atoms with Crippen LogP contribution in [0.2, 0.25) is 0 Å². The van der Waals surface area contributed by atoms with Crippen molar-refractivity contribution in [2.24, 2.45) is 5.92 Å². The van der Waals surface area contributed by atoms with Crippen LogP contribution in [-0.2, 0) is 6.18 Å². The first-order valence-corrected chi connectivity index (χ1v) is 5.56. The Morgan fingerprint density at radius 3 is 2.47 bits per heavy atom. The van der Waals surface area contributed by atoms with Crippen molar-refractivity contribution in [2.45, 2.75) is 12.6 Å². The third kappa shape index (κ3) is 3.36.